The number of alkyl halides is 3. The first-order valence-electron chi connectivity index (χ1n) is 13.4. The zero-order valence-electron chi connectivity index (χ0n) is 24.5. The maximum absolute atomic E-state index is 12.6. The van der Waals surface area contributed by atoms with Crippen LogP contribution in [-0.2, 0) is 6.18 Å². The van der Waals surface area contributed by atoms with Gasteiger partial charge in [0.25, 0.3) is 0 Å². The van der Waals surface area contributed by atoms with Crippen LogP contribution in [0.15, 0.2) is 103 Å². The van der Waals surface area contributed by atoms with E-state index < -0.39 is 11.7 Å². The molecule has 2 N–H and O–H groups in total. The fourth-order valence-electron chi connectivity index (χ4n) is 4.05. The Bertz CT molecular complexity index is 1460. The summed E-state index contributed by atoms with van der Waals surface area (Å²) in [6.07, 6.45) is -0.721. The number of hydrogen-bond donors (Lipinski definition) is 2. The summed E-state index contributed by atoms with van der Waals surface area (Å²) in [5.41, 5.74) is 1.34. The van der Waals surface area contributed by atoms with Gasteiger partial charge in [-0.15, -0.1) is 12.4 Å². The molecule has 0 aliphatic heterocycles. The predicted molar refractivity (Wildman–Crippen MR) is 168 cm³/mol. The van der Waals surface area contributed by atoms with Gasteiger partial charge in [0.05, 0.1) is 19.8 Å². The molecular formula is C34H35ClF3NO5. The van der Waals surface area contributed by atoms with Gasteiger partial charge in [-0.05, 0) is 55.1 Å². The van der Waals surface area contributed by atoms with Crippen molar-refractivity contribution in [3.05, 3.63) is 125 Å². The molecule has 0 aliphatic rings. The van der Waals surface area contributed by atoms with Crippen molar-refractivity contribution in [2.24, 2.45) is 0 Å². The van der Waals surface area contributed by atoms with Crippen molar-refractivity contribution in [1.29, 1.82) is 0 Å². The maximum atomic E-state index is 12.6. The normalized spacial score (nSPS) is 11.5. The molecule has 0 heterocycles. The van der Waals surface area contributed by atoms with Crippen LogP contribution < -0.4 is 19.5 Å². The van der Waals surface area contributed by atoms with Crippen LogP contribution in [0.3, 0.4) is 0 Å². The van der Waals surface area contributed by atoms with E-state index >= 15 is 0 Å². The van der Waals surface area contributed by atoms with E-state index in [9.17, 15) is 23.1 Å². The number of ketones is 1. The number of carbonyl (C=O) groups excluding carboxylic acids is 1. The Morgan fingerprint density at radius 2 is 1.50 bits per heavy atom. The number of benzene rings is 4. The highest BCUT2D eigenvalue weighted by atomic mass is 35.5. The van der Waals surface area contributed by atoms with E-state index in [-0.39, 0.29) is 41.4 Å². The van der Waals surface area contributed by atoms with Crippen LogP contribution in [0.25, 0.3) is 6.08 Å². The Morgan fingerprint density at radius 3 is 2.05 bits per heavy atom. The molecule has 234 valence electrons. The highest BCUT2D eigenvalue weighted by molar-refractivity contribution is 6.10. The summed E-state index contributed by atoms with van der Waals surface area (Å²) in [6, 6.07) is 26.8. The third-order valence-corrected chi connectivity index (χ3v) is 6.27. The van der Waals surface area contributed by atoms with E-state index in [0.29, 0.717) is 11.5 Å². The van der Waals surface area contributed by atoms with Crippen molar-refractivity contribution in [3.63, 3.8) is 0 Å². The fourth-order valence-corrected chi connectivity index (χ4v) is 4.05. The number of halogens is 4. The van der Waals surface area contributed by atoms with Gasteiger partial charge in [-0.2, -0.15) is 13.2 Å². The quantitative estimate of drug-likeness (QED) is 0.129. The van der Waals surface area contributed by atoms with Crippen molar-refractivity contribution in [1.82, 2.24) is 5.32 Å². The summed E-state index contributed by atoms with van der Waals surface area (Å²) in [6.45, 7) is 0.750. The Balaban J connectivity index is 0.000000300. The molecule has 0 fully saturated rings. The van der Waals surface area contributed by atoms with Gasteiger partial charge >= 0.3 is 6.18 Å². The lowest BCUT2D eigenvalue weighted by molar-refractivity contribution is -0.137. The molecule has 44 heavy (non-hydrogen) atoms. The van der Waals surface area contributed by atoms with Crippen molar-refractivity contribution >= 4 is 24.3 Å². The van der Waals surface area contributed by atoms with Crippen LogP contribution in [0, 0.1) is 0 Å². The zero-order chi connectivity index (χ0) is 31.2. The molecule has 4 aromatic carbocycles. The number of aromatic hydroxyl groups is 1. The van der Waals surface area contributed by atoms with E-state index in [0.717, 1.165) is 36.2 Å². The smallest absolute Gasteiger partial charge is 0.416 e. The molecular weight excluding hydrogens is 595 g/mol. The second-order valence-electron chi connectivity index (χ2n) is 9.26. The number of methoxy groups -OCH3 is 2. The number of hydrogen-bond acceptors (Lipinski definition) is 6. The van der Waals surface area contributed by atoms with Gasteiger partial charge in [0, 0.05) is 18.6 Å². The van der Waals surface area contributed by atoms with Crippen LogP contribution in [0.2, 0.25) is 0 Å². The van der Waals surface area contributed by atoms with Gasteiger partial charge < -0.3 is 24.6 Å². The highest BCUT2D eigenvalue weighted by Crippen LogP contribution is 2.34. The minimum atomic E-state index is -4.33. The Hall–Kier alpha value is -4.47. The van der Waals surface area contributed by atoms with E-state index in [1.807, 2.05) is 67.7 Å². The Morgan fingerprint density at radius 1 is 0.886 bits per heavy atom. The second-order valence-corrected chi connectivity index (χ2v) is 9.26. The summed E-state index contributed by atoms with van der Waals surface area (Å²) in [4.78, 5) is 12.3. The lowest BCUT2D eigenvalue weighted by atomic mass is 10.1. The molecule has 6 nitrogen and oxygen atoms in total. The van der Waals surface area contributed by atoms with Gasteiger partial charge in [0.1, 0.15) is 34.7 Å². The molecule has 0 aliphatic carbocycles. The number of nitrogens with one attached hydrogen (secondary N) is 1. The van der Waals surface area contributed by atoms with Crippen molar-refractivity contribution in [2.75, 3.05) is 27.8 Å². The van der Waals surface area contributed by atoms with Gasteiger partial charge in [-0.3, -0.25) is 4.79 Å². The van der Waals surface area contributed by atoms with Crippen molar-refractivity contribution < 1.29 is 37.3 Å². The standard InChI is InChI=1S/C17H18F3NO.C17H16O4.ClH/c1-21-12-11-16(13-5-3-2-4-6-13)22-15-9-7-14(8-10-15)17(18,19)20;1-20-13-10-15(19)17(16(11-13)21-2)14(18)9-8-12-6-4-3-5-7-12;/h2-10,16,21H,11-12H2,1H3;3-11,19H,1-2H3;1H. The van der Waals surface area contributed by atoms with Crippen LogP contribution in [-0.4, -0.2) is 38.7 Å². The highest BCUT2D eigenvalue weighted by Gasteiger charge is 2.30. The molecule has 0 saturated heterocycles. The molecule has 4 aromatic rings. The summed E-state index contributed by atoms with van der Waals surface area (Å²) in [7, 11) is 4.76. The number of carbonyl (C=O) groups is 1. The zero-order valence-corrected chi connectivity index (χ0v) is 25.3. The monoisotopic (exact) mass is 629 g/mol. The van der Waals surface area contributed by atoms with Gasteiger partial charge in [-0.1, -0.05) is 66.7 Å². The lowest BCUT2D eigenvalue weighted by Crippen LogP contribution is -2.16. The van der Waals surface area contributed by atoms with Crippen molar-refractivity contribution in [2.45, 2.75) is 18.7 Å². The SMILES string of the molecule is CNCCC(Oc1ccc(C(F)(F)F)cc1)c1ccccc1.COc1cc(O)c(C(=O)C=Cc2ccccc2)c(OC)c1.Cl. The average Bonchev–Trinajstić information content (AvgIpc) is 3.02. The topological polar surface area (TPSA) is 77.0 Å². The van der Waals surface area contributed by atoms with Crippen LogP contribution in [0.5, 0.6) is 23.0 Å². The molecule has 1 atom stereocenters. The molecule has 1 unspecified atom stereocenters. The molecule has 0 saturated carbocycles. The van der Waals surface area contributed by atoms with Crippen LogP contribution in [0.1, 0.15) is 39.6 Å². The van der Waals surface area contributed by atoms with Gasteiger partial charge in [-0.25, -0.2) is 0 Å². The number of rotatable bonds is 11. The number of phenolic OH excluding ortho intramolecular Hbond substituents is 1. The Labute approximate surface area is 261 Å². The molecule has 0 aromatic heterocycles. The van der Waals surface area contributed by atoms with E-state index in [1.165, 1.54) is 38.5 Å². The predicted octanol–water partition coefficient (Wildman–Crippen LogP) is 8.16. The van der Waals surface area contributed by atoms with Crippen LogP contribution in [0.4, 0.5) is 13.2 Å². The molecule has 4 rings (SSSR count). The van der Waals surface area contributed by atoms with E-state index in [2.05, 4.69) is 5.32 Å². The molecule has 10 heteroatoms. The summed E-state index contributed by atoms with van der Waals surface area (Å²) in [5.74, 6) is 0.616. The van der Waals surface area contributed by atoms with Gasteiger partial charge in [0.2, 0.25) is 0 Å². The largest absolute Gasteiger partial charge is 0.507 e. The Kier molecular flexibility index (Phi) is 14.3. The van der Waals surface area contributed by atoms with Crippen LogP contribution >= 0.6 is 12.4 Å². The third kappa shape index (κ3) is 10.7. The first kappa shape index (κ1) is 35.7. The van der Waals surface area contributed by atoms with E-state index in [4.69, 9.17) is 14.2 Å². The first-order valence-corrected chi connectivity index (χ1v) is 13.4. The molecule has 0 spiro atoms. The minimum absolute atomic E-state index is 0. The van der Waals surface area contributed by atoms with Gasteiger partial charge in [0.15, 0.2) is 5.78 Å². The lowest BCUT2D eigenvalue weighted by Gasteiger charge is -2.20. The number of allylic oxidation sites excluding steroid dienone is 1. The van der Waals surface area contributed by atoms with Crippen molar-refractivity contribution in [3.8, 4) is 23.0 Å². The molecule has 0 amide bonds. The fraction of sp³-hybridized carbons (Fsp3) is 0.206. The number of ether oxygens (including phenoxy) is 3. The minimum Gasteiger partial charge on any atom is -0.507 e. The summed E-state index contributed by atoms with van der Waals surface area (Å²) < 4.78 is 53.7. The summed E-state index contributed by atoms with van der Waals surface area (Å²) in [5, 5.41) is 13.0. The molecule has 0 radical (unpaired) electrons. The molecule has 0 bridgehead atoms. The van der Waals surface area contributed by atoms with E-state index in [1.54, 1.807) is 12.1 Å². The summed E-state index contributed by atoms with van der Waals surface area (Å²) >= 11 is 0. The third-order valence-electron chi connectivity index (χ3n) is 6.27. The first-order chi connectivity index (χ1) is 20.7. The number of phenols is 1. The maximum Gasteiger partial charge on any atom is 0.416 e. The second kappa shape index (κ2) is 17.6. The average molecular weight is 630 g/mol.